The second-order valence-electron chi connectivity index (χ2n) is 12.6. The highest BCUT2D eigenvalue weighted by molar-refractivity contribution is 5.99. The Morgan fingerprint density at radius 2 is 1.90 bits per heavy atom. The van der Waals surface area contributed by atoms with Gasteiger partial charge in [0, 0.05) is 29.7 Å². The van der Waals surface area contributed by atoms with Crippen LogP contribution in [0.3, 0.4) is 0 Å². The van der Waals surface area contributed by atoms with Crippen LogP contribution < -0.4 is 0 Å². The fraction of sp³-hybridized carbons (Fsp3) is 0.655. The number of cyclic esters (lactones) is 1. The Morgan fingerprint density at radius 1 is 1.21 bits per heavy atom. The molecule has 4 fully saturated rings. The first kappa shape index (κ1) is 27.6. The summed E-state index contributed by atoms with van der Waals surface area (Å²) in [6, 6.07) is 1.67. The van der Waals surface area contributed by atoms with Crippen molar-refractivity contribution in [1.29, 1.82) is 0 Å². The number of furan rings is 1. The number of hydrogen-bond acceptors (Lipinski definition) is 10. The lowest BCUT2D eigenvalue weighted by molar-refractivity contribution is -0.261. The normalized spacial score (nSPS) is 42.6. The average molecular weight is 545 g/mol. The highest BCUT2D eigenvalue weighted by atomic mass is 16.6. The number of esters is 3. The van der Waals surface area contributed by atoms with Gasteiger partial charge in [0.25, 0.3) is 0 Å². The van der Waals surface area contributed by atoms with E-state index in [1.165, 1.54) is 26.6 Å². The third-order valence-corrected chi connectivity index (χ3v) is 10.3. The maximum Gasteiger partial charge on any atom is 0.309 e. The highest BCUT2D eigenvalue weighted by Gasteiger charge is 2.79. The third-order valence-electron chi connectivity index (χ3n) is 10.3. The maximum absolute atomic E-state index is 14.8. The predicted molar refractivity (Wildman–Crippen MR) is 134 cm³/mol. The average Bonchev–Trinajstić information content (AvgIpc) is 3.43. The largest absolute Gasteiger partial charge is 0.472 e. The molecule has 2 saturated heterocycles. The molecule has 0 aromatic carbocycles. The summed E-state index contributed by atoms with van der Waals surface area (Å²) in [4.78, 5) is 52.7. The van der Waals surface area contributed by atoms with E-state index in [1.54, 1.807) is 13.0 Å². The Morgan fingerprint density at radius 3 is 2.49 bits per heavy atom. The van der Waals surface area contributed by atoms with E-state index in [0.29, 0.717) is 5.56 Å². The van der Waals surface area contributed by atoms with E-state index >= 15 is 0 Å². The summed E-state index contributed by atoms with van der Waals surface area (Å²) in [5, 5.41) is 12.3. The SMILES string of the molecule is C=C1C2(O)C[C@@]3(C)[C@H](c4ccoc4)OC(=O)C[C@]13O[C@H]1C[C@@H](OC(C)=O)C(C)(C)[C@H](CC(=O)OC)[C@@]1(C)C2=O. The van der Waals surface area contributed by atoms with Gasteiger partial charge in [0.2, 0.25) is 0 Å². The molecular formula is C29H36O10. The summed E-state index contributed by atoms with van der Waals surface area (Å²) < 4.78 is 28.7. The number of methoxy groups -OCH3 is 1. The molecule has 3 heterocycles. The highest BCUT2D eigenvalue weighted by Crippen LogP contribution is 2.71. The van der Waals surface area contributed by atoms with Gasteiger partial charge in [-0.25, -0.2) is 0 Å². The minimum atomic E-state index is -2.08. The number of carbonyl (C=O) groups excluding carboxylic acids is 4. The molecule has 1 aromatic rings. The maximum atomic E-state index is 14.8. The van der Waals surface area contributed by atoms with Crippen molar-refractivity contribution in [2.45, 2.75) is 89.8 Å². The van der Waals surface area contributed by atoms with E-state index < -0.39 is 75.4 Å². The third kappa shape index (κ3) is 3.46. The van der Waals surface area contributed by atoms with Crippen molar-refractivity contribution in [2.75, 3.05) is 7.11 Å². The number of aliphatic hydroxyl groups is 1. The fourth-order valence-corrected chi connectivity index (χ4v) is 8.16. The van der Waals surface area contributed by atoms with Crippen LogP contribution in [0.5, 0.6) is 0 Å². The molecular weight excluding hydrogens is 508 g/mol. The van der Waals surface area contributed by atoms with Gasteiger partial charge in [-0.15, -0.1) is 0 Å². The van der Waals surface area contributed by atoms with Crippen molar-refractivity contribution in [3.05, 3.63) is 36.3 Å². The van der Waals surface area contributed by atoms with Crippen LogP contribution in [0.15, 0.2) is 35.2 Å². The number of Topliss-reactive ketones (excluding diaryl/α,β-unsaturated/α-hetero) is 1. The first-order chi connectivity index (χ1) is 18.1. The molecule has 1 unspecified atom stereocenters. The Bertz CT molecular complexity index is 1250. The molecule has 212 valence electrons. The molecule has 2 saturated carbocycles. The smallest absolute Gasteiger partial charge is 0.309 e. The number of fused-ring (bicyclic) bond motifs is 2. The first-order valence-corrected chi connectivity index (χ1v) is 13.2. The topological polar surface area (TPSA) is 139 Å². The Labute approximate surface area is 227 Å². The van der Waals surface area contributed by atoms with E-state index in [2.05, 4.69) is 6.58 Å². The molecule has 10 heteroatoms. The van der Waals surface area contributed by atoms with Crippen LogP contribution in [0.1, 0.15) is 72.0 Å². The van der Waals surface area contributed by atoms with Crippen LogP contribution in [0.4, 0.5) is 0 Å². The van der Waals surface area contributed by atoms with E-state index in [1.807, 2.05) is 20.8 Å². The van der Waals surface area contributed by atoms with Crippen molar-refractivity contribution < 1.29 is 47.6 Å². The molecule has 1 spiro atoms. The lowest BCUT2D eigenvalue weighted by atomic mass is 9.50. The molecule has 5 rings (SSSR count). The fourth-order valence-electron chi connectivity index (χ4n) is 8.16. The summed E-state index contributed by atoms with van der Waals surface area (Å²) in [7, 11) is 1.26. The van der Waals surface area contributed by atoms with Gasteiger partial charge in [-0.2, -0.15) is 0 Å². The number of carbonyl (C=O) groups is 4. The summed E-state index contributed by atoms with van der Waals surface area (Å²) in [6.07, 6.45) is -0.0488. The van der Waals surface area contributed by atoms with Crippen molar-refractivity contribution in [1.82, 2.24) is 0 Å². The van der Waals surface area contributed by atoms with E-state index in [9.17, 15) is 24.3 Å². The number of ketones is 1. The zero-order chi connectivity index (χ0) is 28.8. The van der Waals surface area contributed by atoms with Crippen LogP contribution in [0, 0.1) is 22.2 Å². The van der Waals surface area contributed by atoms with Crippen LogP contribution >= 0.6 is 0 Å². The summed E-state index contributed by atoms with van der Waals surface area (Å²) in [6.45, 7) is 12.7. The molecule has 4 aliphatic rings. The quantitative estimate of drug-likeness (QED) is 0.341. The van der Waals surface area contributed by atoms with Gasteiger partial charge in [0.15, 0.2) is 5.78 Å². The summed E-state index contributed by atoms with van der Waals surface area (Å²) in [5.74, 6) is -2.92. The standard InChI is InChI=1S/C29H36O10/c1-15-28(34)14-26(5)23(17-8-9-36-13-17)38-22(32)12-29(15,26)39-20-11-19(37-16(2)30)25(3,4)18(10-21(31)35-7)27(20,6)24(28)33/h8-9,13,18-20,23,34H,1,10-12,14H2,2-7H3/t18-,19+,20-,23-,26-,27+,28?,29-/m0/s1. The number of rotatable bonds is 4. The number of ether oxygens (including phenoxy) is 4. The first-order valence-electron chi connectivity index (χ1n) is 13.2. The Kier molecular flexibility index (Phi) is 6.02. The van der Waals surface area contributed by atoms with Crippen molar-refractivity contribution in [3.8, 4) is 0 Å². The number of hydrogen-bond donors (Lipinski definition) is 1. The van der Waals surface area contributed by atoms with Gasteiger partial charge in [-0.1, -0.05) is 27.4 Å². The monoisotopic (exact) mass is 544 g/mol. The minimum Gasteiger partial charge on any atom is -0.472 e. The second-order valence-corrected chi connectivity index (χ2v) is 12.6. The Hall–Kier alpha value is -2.98. The van der Waals surface area contributed by atoms with Gasteiger partial charge < -0.3 is 28.5 Å². The van der Waals surface area contributed by atoms with Crippen LogP contribution in [-0.4, -0.2) is 59.3 Å². The predicted octanol–water partition coefficient (Wildman–Crippen LogP) is 3.22. The summed E-state index contributed by atoms with van der Waals surface area (Å²) in [5.41, 5.74) is -6.27. The van der Waals surface area contributed by atoms with Crippen molar-refractivity contribution in [2.24, 2.45) is 22.2 Å². The van der Waals surface area contributed by atoms with E-state index in [-0.39, 0.29) is 31.3 Å². The van der Waals surface area contributed by atoms with Crippen molar-refractivity contribution in [3.63, 3.8) is 0 Å². The molecule has 8 atom stereocenters. The molecule has 2 bridgehead atoms. The molecule has 39 heavy (non-hydrogen) atoms. The van der Waals surface area contributed by atoms with Gasteiger partial charge >= 0.3 is 17.9 Å². The second kappa shape index (κ2) is 8.51. The molecule has 2 aliphatic heterocycles. The lowest BCUT2D eigenvalue weighted by Crippen LogP contribution is -2.66. The van der Waals surface area contributed by atoms with E-state index in [4.69, 9.17) is 23.4 Å². The van der Waals surface area contributed by atoms with Gasteiger partial charge in [0.1, 0.15) is 23.4 Å². The minimum absolute atomic E-state index is 0.0990. The Balaban J connectivity index is 1.71. The van der Waals surface area contributed by atoms with Crippen LogP contribution in [0.2, 0.25) is 0 Å². The van der Waals surface area contributed by atoms with E-state index in [0.717, 1.165) is 0 Å². The van der Waals surface area contributed by atoms with Crippen LogP contribution in [-0.2, 0) is 38.1 Å². The van der Waals surface area contributed by atoms with Gasteiger partial charge in [0.05, 0.1) is 44.0 Å². The van der Waals surface area contributed by atoms with Crippen molar-refractivity contribution >= 4 is 23.7 Å². The molecule has 2 aliphatic carbocycles. The molecule has 0 amide bonds. The van der Waals surface area contributed by atoms with Crippen LogP contribution in [0.25, 0.3) is 0 Å². The van der Waals surface area contributed by atoms with Gasteiger partial charge in [-0.3, -0.25) is 19.2 Å². The lowest BCUT2D eigenvalue weighted by Gasteiger charge is -2.59. The molecule has 10 nitrogen and oxygen atoms in total. The zero-order valence-corrected chi connectivity index (χ0v) is 23.2. The van der Waals surface area contributed by atoms with Gasteiger partial charge in [-0.05, 0) is 30.9 Å². The summed E-state index contributed by atoms with van der Waals surface area (Å²) >= 11 is 0. The molecule has 1 N–H and O–H groups in total. The zero-order valence-electron chi connectivity index (χ0n) is 23.2. The molecule has 0 radical (unpaired) electrons. The molecule has 1 aromatic heterocycles.